The Morgan fingerprint density at radius 3 is 1.86 bits per heavy atom. The van der Waals surface area contributed by atoms with Crippen LogP contribution in [0, 0.1) is 0 Å². The van der Waals surface area contributed by atoms with E-state index in [9.17, 15) is 0 Å². The van der Waals surface area contributed by atoms with Gasteiger partial charge in [0.15, 0.2) is 0 Å². The fourth-order valence-electron chi connectivity index (χ4n) is 3.49. The van der Waals surface area contributed by atoms with Crippen LogP contribution in [0.3, 0.4) is 0 Å². The summed E-state index contributed by atoms with van der Waals surface area (Å²) in [5.41, 5.74) is 6.19. The highest BCUT2D eigenvalue weighted by Gasteiger charge is 2.12. The summed E-state index contributed by atoms with van der Waals surface area (Å²) in [7, 11) is 0. The van der Waals surface area contributed by atoms with Gasteiger partial charge in [-0.2, -0.15) is 0 Å². The SMILES string of the molecule is Clc1ccc2nc(-c3ccc(N(c4ccccc4)c4ccccc4)cc3)[nH]c2c1. The molecule has 5 rings (SSSR count). The molecule has 29 heavy (non-hydrogen) atoms. The first-order valence-corrected chi connectivity index (χ1v) is 9.82. The molecule has 0 atom stereocenters. The molecule has 0 amide bonds. The van der Waals surface area contributed by atoms with Crippen LogP contribution in [0.15, 0.2) is 103 Å². The second-order valence-electron chi connectivity index (χ2n) is 6.80. The molecular formula is C25H18ClN3. The molecule has 0 radical (unpaired) electrons. The predicted molar refractivity (Wildman–Crippen MR) is 121 cm³/mol. The number of hydrogen-bond donors (Lipinski definition) is 1. The number of nitrogens with zero attached hydrogens (tertiary/aromatic N) is 2. The zero-order valence-corrected chi connectivity index (χ0v) is 16.3. The third kappa shape index (κ3) is 3.48. The maximum Gasteiger partial charge on any atom is 0.138 e. The van der Waals surface area contributed by atoms with Gasteiger partial charge in [-0.1, -0.05) is 48.0 Å². The first-order chi connectivity index (χ1) is 14.3. The number of fused-ring (bicyclic) bond motifs is 1. The molecule has 0 saturated heterocycles. The molecule has 0 aliphatic heterocycles. The van der Waals surface area contributed by atoms with Crippen molar-refractivity contribution < 1.29 is 0 Å². The van der Waals surface area contributed by atoms with E-state index in [1.165, 1.54) is 0 Å². The van der Waals surface area contributed by atoms with Gasteiger partial charge in [-0.05, 0) is 66.7 Å². The summed E-state index contributed by atoms with van der Waals surface area (Å²) in [5.74, 6) is 0.833. The molecule has 0 fully saturated rings. The Balaban J connectivity index is 1.54. The summed E-state index contributed by atoms with van der Waals surface area (Å²) in [6.45, 7) is 0. The van der Waals surface area contributed by atoms with Crippen LogP contribution < -0.4 is 4.90 Å². The fraction of sp³-hybridized carbons (Fsp3) is 0. The van der Waals surface area contributed by atoms with Gasteiger partial charge in [0.1, 0.15) is 5.82 Å². The third-order valence-corrected chi connectivity index (χ3v) is 5.11. The maximum absolute atomic E-state index is 6.09. The van der Waals surface area contributed by atoms with Crippen LogP contribution in [0.1, 0.15) is 0 Å². The highest BCUT2D eigenvalue weighted by atomic mass is 35.5. The summed E-state index contributed by atoms with van der Waals surface area (Å²) in [6, 6.07) is 34.8. The summed E-state index contributed by atoms with van der Waals surface area (Å²) in [4.78, 5) is 10.3. The van der Waals surface area contributed by atoms with E-state index >= 15 is 0 Å². The van der Waals surface area contributed by atoms with Gasteiger partial charge in [0.25, 0.3) is 0 Å². The molecule has 4 heteroatoms. The molecule has 1 N–H and O–H groups in total. The number of nitrogens with one attached hydrogen (secondary N) is 1. The van der Waals surface area contributed by atoms with Crippen molar-refractivity contribution >= 4 is 39.7 Å². The highest BCUT2D eigenvalue weighted by molar-refractivity contribution is 6.31. The van der Waals surface area contributed by atoms with Crippen LogP contribution in [0.4, 0.5) is 17.1 Å². The van der Waals surface area contributed by atoms with Gasteiger partial charge in [0, 0.05) is 27.6 Å². The van der Waals surface area contributed by atoms with Gasteiger partial charge in [-0.15, -0.1) is 0 Å². The molecule has 0 saturated carbocycles. The van der Waals surface area contributed by atoms with Crippen LogP contribution >= 0.6 is 11.6 Å². The quantitative estimate of drug-likeness (QED) is 0.345. The number of imidazole rings is 1. The monoisotopic (exact) mass is 395 g/mol. The largest absolute Gasteiger partial charge is 0.338 e. The van der Waals surface area contributed by atoms with Crippen molar-refractivity contribution in [3.63, 3.8) is 0 Å². The van der Waals surface area contributed by atoms with E-state index in [1.54, 1.807) is 0 Å². The van der Waals surface area contributed by atoms with Crippen molar-refractivity contribution in [1.82, 2.24) is 9.97 Å². The fourth-order valence-corrected chi connectivity index (χ4v) is 3.66. The Morgan fingerprint density at radius 2 is 1.24 bits per heavy atom. The van der Waals surface area contributed by atoms with E-state index in [0.717, 1.165) is 39.5 Å². The van der Waals surface area contributed by atoms with E-state index in [4.69, 9.17) is 11.6 Å². The van der Waals surface area contributed by atoms with Crippen LogP contribution in [-0.4, -0.2) is 9.97 Å². The predicted octanol–water partition coefficient (Wildman–Crippen LogP) is 7.35. The molecule has 0 bridgehead atoms. The minimum atomic E-state index is 0.699. The zero-order valence-electron chi connectivity index (χ0n) is 15.6. The number of halogens is 1. The Morgan fingerprint density at radius 1 is 0.655 bits per heavy atom. The third-order valence-electron chi connectivity index (χ3n) is 4.87. The number of anilines is 3. The van der Waals surface area contributed by atoms with Crippen molar-refractivity contribution in [3.8, 4) is 11.4 Å². The topological polar surface area (TPSA) is 31.9 Å². The van der Waals surface area contributed by atoms with Gasteiger partial charge >= 0.3 is 0 Å². The van der Waals surface area contributed by atoms with E-state index < -0.39 is 0 Å². The van der Waals surface area contributed by atoms with Crippen LogP contribution in [0.2, 0.25) is 5.02 Å². The van der Waals surface area contributed by atoms with Gasteiger partial charge in [0.05, 0.1) is 11.0 Å². The van der Waals surface area contributed by atoms with Crippen molar-refractivity contribution in [2.24, 2.45) is 0 Å². The molecule has 4 aromatic carbocycles. The summed E-state index contributed by atoms with van der Waals surface area (Å²) < 4.78 is 0. The second kappa shape index (κ2) is 7.46. The van der Waals surface area contributed by atoms with Crippen molar-refractivity contribution in [2.75, 3.05) is 4.90 Å². The lowest BCUT2D eigenvalue weighted by atomic mass is 10.1. The second-order valence-corrected chi connectivity index (χ2v) is 7.24. The molecule has 1 aromatic heterocycles. The molecular weight excluding hydrogens is 378 g/mol. The highest BCUT2D eigenvalue weighted by Crippen LogP contribution is 2.35. The van der Waals surface area contributed by atoms with Gasteiger partial charge in [0.2, 0.25) is 0 Å². The number of aromatic nitrogens is 2. The van der Waals surface area contributed by atoms with Crippen molar-refractivity contribution in [1.29, 1.82) is 0 Å². The number of benzene rings is 4. The maximum atomic E-state index is 6.09. The molecule has 0 aliphatic carbocycles. The number of aromatic amines is 1. The van der Waals surface area contributed by atoms with Crippen molar-refractivity contribution in [2.45, 2.75) is 0 Å². The van der Waals surface area contributed by atoms with E-state index in [2.05, 4.69) is 87.7 Å². The van der Waals surface area contributed by atoms with E-state index in [-0.39, 0.29) is 0 Å². The Kier molecular flexibility index (Phi) is 4.51. The lowest BCUT2D eigenvalue weighted by Crippen LogP contribution is -2.09. The van der Waals surface area contributed by atoms with Gasteiger partial charge in [-0.3, -0.25) is 0 Å². The summed E-state index contributed by atoms with van der Waals surface area (Å²) in [6.07, 6.45) is 0. The molecule has 0 aliphatic rings. The molecule has 140 valence electrons. The first-order valence-electron chi connectivity index (χ1n) is 9.44. The Hall–Kier alpha value is -3.56. The molecule has 0 spiro atoms. The number of para-hydroxylation sites is 2. The molecule has 3 nitrogen and oxygen atoms in total. The zero-order chi connectivity index (χ0) is 19.6. The Bertz CT molecular complexity index is 1210. The van der Waals surface area contributed by atoms with Gasteiger partial charge < -0.3 is 9.88 Å². The Labute approximate surface area is 174 Å². The van der Waals surface area contributed by atoms with Crippen LogP contribution in [0.5, 0.6) is 0 Å². The summed E-state index contributed by atoms with van der Waals surface area (Å²) >= 11 is 6.09. The minimum Gasteiger partial charge on any atom is -0.338 e. The normalized spacial score (nSPS) is 10.9. The number of hydrogen-bond acceptors (Lipinski definition) is 2. The van der Waals surface area contributed by atoms with E-state index in [1.807, 2.05) is 30.3 Å². The minimum absolute atomic E-state index is 0.699. The smallest absolute Gasteiger partial charge is 0.138 e. The number of H-pyrrole nitrogens is 1. The first kappa shape index (κ1) is 17.5. The lowest BCUT2D eigenvalue weighted by Gasteiger charge is -2.25. The van der Waals surface area contributed by atoms with Crippen LogP contribution in [-0.2, 0) is 0 Å². The lowest BCUT2D eigenvalue weighted by molar-refractivity contribution is 1.28. The van der Waals surface area contributed by atoms with Crippen LogP contribution in [0.25, 0.3) is 22.4 Å². The standard InChI is InChI=1S/C25H18ClN3/c26-19-13-16-23-24(17-19)28-25(27-23)18-11-14-22(15-12-18)29(20-7-3-1-4-8-20)21-9-5-2-6-10-21/h1-17H,(H,27,28). The van der Waals surface area contributed by atoms with Gasteiger partial charge in [-0.25, -0.2) is 4.98 Å². The molecule has 0 unspecified atom stereocenters. The van der Waals surface area contributed by atoms with E-state index in [0.29, 0.717) is 5.02 Å². The summed E-state index contributed by atoms with van der Waals surface area (Å²) in [5, 5.41) is 0.699. The average Bonchev–Trinajstić information content (AvgIpc) is 3.19. The average molecular weight is 396 g/mol. The number of rotatable bonds is 4. The molecule has 1 heterocycles. The van der Waals surface area contributed by atoms with Crippen molar-refractivity contribution in [3.05, 3.63) is 108 Å². The molecule has 5 aromatic rings.